The van der Waals surface area contributed by atoms with Crippen molar-refractivity contribution in [3.05, 3.63) is 12.2 Å². The van der Waals surface area contributed by atoms with Gasteiger partial charge in [-0.2, -0.15) is 0 Å². The van der Waals surface area contributed by atoms with E-state index in [1.807, 2.05) is 6.08 Å². The predicted molar refractivity (Wildman–Crippen MR) is 50.3 cm³/mol. The lowest BCUT2D eigenvalue weighted by atomic mass is 10.1. The number of carbonyl (C=O) groups excluding carboxylic acids is 1. The zero-order valence-electron chi connectivity index (χ0n) is 7.13. The summed E-state index contributed by atoms with van der Waals surface area (Å²) in [6.45, 7) is 3.17. The fourth-order valence-electron chi connectivity index (χ4n) is 1.44. The third-order valence-corrected chi connectivity index (χ3v) is 2.19. The summed E-state index contributed by atoms with van der Waals surface area (Å²) < 4.78 is 0. The third kappa shape index (κ3) is 3.88. The number of hydrogen-bond acceptors (Lipinski definition) is 2. The Morgan fingerprint density at radius 2 is 2.00 bits per heavy atom. The summed E-state index contributed by atoms with van der Waals surface area (Å²) in [4.78, 5) is 12.7. The van der Waals surface area contributed by atoms with Crippen molar-refractivity contribution in [2.75, 3.05) is 19.6 Å². The van der Waals surface area contributed by atoms with E-state index in [-0.39, 0.29) is 5.24 Å². The van der Waals surface area contributed by atoms with Crippen molar-refractivity contribution in [3.8, 4) is 0 Å². The molecular formula is C9H14ClNO. The van der Waals surface area contributed by atoms with Gasteiger partial charge >= 0.3 is 0 Å². The average Bonchev–Trinajstić information content (AvgIpc) is 2.05. The zero-order chi connectivity index (χ0) is 8.81. The van der Waals surface area contributed by atoms with Gasteiger partial charge in [0.25, 0.3) is 0 Å². The van der Waals surface area contributed by atoms with Crippen molar-refractivity contribution in [1.29, 1.82) is 0 Å². The molecule has 2 nitrogen and oxygen atoms in total. The van der Waals surface area contributed by atoms with Crippen molar-refractivity contribution >= 4 is 16.8 Å². The number of piperidine rings is 1. The second kappa shape index (κ2) is 5.33. The van der Waals surface area contributed by atoms with E-state index in [4.69, 9.17) is 11.6 Å². The first-order chi connectivity index (χ1) is 5.79. The minimum absolute atomic E-state index is 0.382. The fraction of sp³-hybridized carbons (Fsp3) is 0.667. The molecular weight excluding hydrogens is 174 g/mol. The number of hydrogen-bond donors (Lipinski definition) is 0. The molecule has 1 aliphatic rings. The lowest BCUT2D eigenvalue weighted by Crippen LogP contribution is -2.29. The van der Waals surface area contributed by atoms with Crippen LogP contribution >= 0.6 is 11.6 Å². The molecule has 1 saturated heterocycles. The predicted octanol–water partition coefficient (Wildman–Crippen LogP) is 1.79. The first-order valence-electron chi connectivity index (χ1n) is 4.37. The van der Waals surface area contributed by atoms with Crippen LogP contribution in [-0.4, -0.2) is 29.8 Å². The van der Waals surface area contributed by atoms with Crippen LogP contribution in [0.1, 0.15) is 19.3 Å². The van der Waals surface area contributed by atoms with Crippen molar-refractivity contribution in [1.82, 2.24) is 4.90 Å². The van der Waals surface area contributed by atoms with Crippen LogP contribution in [0.3, 0.4) is 0 Å². The van der Waals surface area contributed by atoms with Gasteiger partial charge in [0, 0.05) is 6.54 Å². The molecule has 0 aromatic rings. The molecule has 3 heteroatoms. The topological polar surface area (TPSA) is 20.3 Å². The van der Waals surface area contributed by atoms with Gasteiger partial charge in [-0.1, -0.05) is 12.5 Å². The summed E-state index contributed by atoms with van der Waals surface area (Å²) in [5.41, 5.74) is 0. The van der Waals surface area contributed by atoms with Crippen LogP contribution in [0.2, 0.25) is 0 Å². The van der Waals surface area contributed by atoms with E-state index >= 15 is 0 Å². The minimum Gasteiger partial charge on any atom is -0.300 e. The van der Waals surface area contributed by atoms with Crippen molar-refractivity contribution in [2.24, 2.45) is 0 Å². The van der Waals surface area contributed by atoms with Crippen molar-refractivity contribution in [3.63, 3.8) is 0 Å². The lowest BCUT2D eigenvalue weighted by Gasteiger charge is -2.24. The van der Waals surface area contributed by atoms with E-state index in [1.165, 1.54) is 25.3 Å². The average molecular weight is 188 g/mol. The van der Waals surface area contributed by atoms with Crippen molar-refractivity contribution < 1.29 is 4.79 Å². The molecule has 0 aromatic heterocycles. The molecule has 1 heterocycles. The van der Waals surface area contributed by atoms with Gasteiger partial charge in [-0.3, -0.25) is 9.69 Å². The molecule has 1 rings (SSSR count). The molecule has 0 aliphatic carbocycles. The molecule has 0 bridgehead atoms. The molecule has 0 aromatic carbocycles. The highest BCUT2D eigenvalue weighted by Crippen LogP contribution is 2.07. The summed E-state index contributed by atoms with van der Waals surface area (Å²) >= 11 is 5.15. The van der Waals surface area contributed by atoms with Crippen LogP contribution in [0.25, 0.3) is 0 Å². The van der Waals surface area contributed by atoms with E-state index in [1.54, 1.807) is 0 Å². The molecule has 0 amide bonds. The molecule has 68 valence electrons. The molecule has 0 spiro atoms. The van der Waals surface area contributed by atoms with Gasteiger partial charge in [0.1, 0.15) is 0 Å². The first kappa shape index (κ1) is 9.75. The standard InChI is InChI=1S/C9H14ClNO/c10-9(12)5-4-8-11-6-2-1-3-7-11/h4-5H,1-3,6-8H2. The fourth-order valence-corrected chi connectivity index (χ4v) is 1.53. The Kier molecular flexibility index (Phi) is 4.33. The highest BCUT2D eigenvalue weighted by Gasteiger charge is 2.07. The van der Waals surface area contributed by atoms with Crippen LogP contribution in [0.4, 0.5) is 0 Å². The highest BCUT2D eigenvalue weighted by atomic mass is 35.5. The van der Waals surface area contributed by atoms with Gasteiger partial charge in [0.2, 0.25) is 5.24 Å². The Morgan fingerprint density at radius 1 is 1.33 bits per heavy atom. The number of carbonyl (C=O) groups is 1. The third-order valence-electron chi connectivity index (χ3n) is 2.06. The SMILES string of the molecule is O=C(Cl)C=CCN1CCCCC1. The molecule has 0 saturated carbocycles. The molecule has 0 radical (unpaired) electrons. The van der Waals surface area contributed by atoms with Gasteiger partial charge in [0.15, 0.2) is 0 Å². The van der Waals surface area contributed by atoms with Crippen LogP contribution in [0.5, 0.6) is 0 Å². The second-order valence-electron chi connectivity index (χ2n) is 3.07. The zero-order valence-corrected chi connectivity index (χ0v) is 7.89. The van der Waals surface area contributed by atoms with Gasteiger partial charge in [-0.25, -0.2) is 0 Å². The van der Waals surface area contributed by atoms with Gasteiger partial charge in [-0.15, -0.1) is 0 Å². The largest absolute Gasteiger partial charge is 0.300 e. The number of allylic oxidation sites excluding steroid dienone is 1. The summed E-state index contributed by atoms with van der Waals surface area (Å²) in [6.07, 6.45) is 7.16. The Labute approximate surface area is 78.2 Å². The number of halogens is 1. The van der Waals surface area contributed by atoms with Gasteiger partial charge < -0.3 is 0 Å². The summed E-state index contributed by atoms with van der Waals surface area (Å²) in [7, 11) is 0. The van der Waals surface area contributed by atoms with Crippen LogP contribution in [0, 0.1) is 0 Å². The highest BCUT2D eigenvalue weighted by molar-refractivity contribution is 6.66. The second-order valence-corrected chi connectivity index (χ2v) is 3.44. The monoisotopic (exact) mass is 187 g/mol. The number of nitrogens with zero attached hydrogens (tertiary/aromatic N) is 1. The van der Waals surface area contributed by atoms with E-state index in [0.717, 1.165) is 19.6 Å². The van der Waals surface area contributed by atoms with Crippen LogP contribution in [-0.2, 0) is 4.79 Å². The maximum absolute atomic E-state index is 10.3. The number of likely N-dealkylation sites (tertiary alicyclic amines) is 1. The van der Waals surface area contributed by atoms with Crippen LogP contribution < -0.4 is 0 Å². The molecule has 1 fully saturated rings. The molecule has 0 unspecified atom stereocenters. The Balaban J connectivity index is 2.17. The van der Waals surface area contributed by atoms with E-state index in [2.05, 4.69) is 4.90 Å². The lowest BCUT2D eigenvalue weighted by molar-refractivity contribution is -0.107. The molecule has 0 N–H and O–H groups in total. The summed E-state index contributed by atoms with van der Waals surface area (Å²) in [5.74, 6) is 0. The van der Waals surface area contributed by atoms with E-state index in [9.17, 15) is 4.79 Å². The molecule has 1 aliphatic heterocycles. The maximum atomic E-state index is 10.3. The summed E-state index contributed by atoms with van der Waals surface area (Å²) in [5, 5.41) is -0.382. The Hall–Kier alpha value is -0.340. The Bertz CT molecular complexity index is 173. The van der Waals surface area contributed by atoms with Gasteiger partial charge in [0.05, 0.1) is 0 Å². The summed E-state index contributed by atoms with van der Waals surface area (Å²) in [6, 6.07) is 0. The first-order valence-corrected chi connectivity index (χ1v) is 4.75. The molecule has 12 heavy (non-hydrogen) atoms. The quantitative estimate of drug-likeness (QED) is 0.496. The maximum Gasteiger partial charge on any atom is 0.244 e. The Morgan fingerprint density at radius 3 is 2.58 bits per heavy atom. The van der Waals surface area contributed by atoms with Gasteiger partial charge in [-0.05, 0) is 43.6 Å². The number of rotatable bonds is 3. The molecule has 0 atom stereocenters. The van der Waals surface area contributed by atoms with Crippen LogP contribution in [0.15, 0.2) is 12.2 Å². The van der Waals surface area contributed by atoms with E-state index < -0.39 is 0 Å². The smallest absolute Gasteiger partial charge is 0.244 e. The van der Waals surface area contributed by atoms with Crippen molar-refractivity contribution in [2.45, 2.75) is 19.3 Å². The normalized spacial score (nSPS) is 20.1. The van der Waals surface area contributed by atoms with E-state index in [0.29, 0.717) is 0 Å². The minimum atomic E-state index is -0.382.